The van der Waals surface area contributed by atoms with Gasteiger partial charge in [-0.3, -0.25) is 14.6 Å². The van der Waals surface area contributed by atoms with Crippen molar-refractivity contribution in [2.45, 2.75) is 90.5 Å². The molecule has 2 N–H and O–H groups in total. The molecule has 2 aliphatic heterocycles. The number of carbonyl (C=O) groups is 3. The summed E-state index contributed by atoms with van der Waals surface area (Å²) in [6, 6.07) is 13.0. The van der Waals surface area contributed by atoms with Crippen LogP contribution in [-0.2, 0) is 14.3 Å². The van der Waals surface area contributed by atoms with Crippen molar-refractivity contribution in [3.63, 3.8) is 0 Å². The highest BCUT2D eigenvalue weighted by molar-refractivity contribution is 6.02. The van der Waals surface area contributed by atoms with Crippen LogP contribution in [0, 0.1) is 0 Å². The first-order chi connectivity index (χ1) is 22.3. The Labute approximate surface area is 273 Å². The molecule has 0 aliphatic carbocycles. The molecule has 2 saturated heterocycles. The Balaban J connectivity index is 1.12. The number of imidazole rings is 1. The summed E-state index contributed by atoms with van der Waals surface area (Å²) in [4.78, 5) is 49.9. The molecule has 6 rings (SSSR count). The zero-order valence-corrected chi connectivity index (χ0v) is 27.8. The van der Waals surface area contributed by atoms with Crippen molar-refractivity contribution >= 4 is 34.9 Å². The summed E-state index contributed by atoms with van der Waals surface area (Å²) in [6.07, 6.45) is 3.96. The molecule has 0 radical (unpaired) electrons. The second kappa shape index (κ2) is 12.4. The van der Waals surface area contributed by atoms with Gasteiger partial charge in [0.25, 0.3) is 0 Å². The van der Waals surface area contributed by atoms with E-state index in [9.17, 15) is 14.4 Å². The first kappa shape index (κ1) is 32.1. The second-order valence-electron chi connectivity index (χ2n) is 14.2. The van der Waals surface area contributed by atoms with Gasteiger partial charge in [-0.1, -0.05) is 35.5 Å². The van der Waals surface area contributed by atoms with E-state index in [1.807, 2.05) is 63.2 Å². The van der Waals surface area contributed by atoms with E-state index in [4.69, 9.17) is 14.0 Å². The first-order valence-electron chi connectivity index (χ1n) is 16.1. The van der Waals surface area contributed by atoms with E-state index in [0.29, 0.717) is 42.7 Å². The van der Waals surface area contributed by atoms with Crippen molar-refractivity contribution in [2.75, 3.05) is 18.4 Å². The molecule has 248 valence electrons. The minimum atomic E-state index is -0.647. The number of amides is 3. The minimum absolute atomic E-state index is 0.150. The smallest absolute Gasteiger partial charge is 0.410 e. The van der Waals surface area contributed by atoms with E-state index in [-0.39, 0.29) is 18.0 Å². The van der Waals surface area contributed by atoms with Crippen molar-refractivity contribution in [3.8, 4) is 22.4 Å². The van der Waals surface area contributed by atoms with Gasteiger partial charge in [0, 0.05) is 13.1 Å². The lowest BCUT2D eigenvalue weighted by atomic mass is 10.0. The summed E-state index contributed by atoms with van der Waals surface area (Å²) >= 11 is 0. The molecule has 47 heavy (non-hydrogen) atoms. The van der Waals surface area contributed by atoms with E-state index < -0.39 is 23.3 Å². The number of nitrogens with zero attached hydrogens (tertiary/aromatic N) is 4. The Morgan fingerprint density at radius 2 is 1.47 bits per heavy atom. The number of nitrogens with one attached hydrogen (secondary N) is 2. The van der Waals surface area contributed by atoms with E-state index in [0.717, 1.165) is 41.1 Å². The number of carbonyl (C=O) groups excluding carboxylic acids is 3. The molecule has 0 bridgehead atoms. The van der Waals surface area contributed by atoms with E-state index in [1.54, 1.807) is 31.9 Å². The number of fused-ring (bicyclic) bond motifs is 1. The Morgan fingerprint density at radius 3 is 2.17 bits per heavy atom. The van der Waals surface area contributed by atoms with Gasteiger partial charge in [0.2, 0.25) is 5.91 Å². The summed E-state index contributed by atoms with van der Waals surface area (Å²) in [6.45, 7) is 12.1. The third kappa shape index (κ3) is 7.11. The number of aromatic nitrogens is 3. The number of rotatable bonds is 5. The van der Waals surface area contributed by atoms with Gasteiger partial charge >= 0.3 is 12.2 Å². The van der Waals surface area contributed by atoms with Crippen molar-refractivity contribution in [1.82, 2.24) is 24.9 Å². The van der Waals surface area contributed by atoms with Crippen molar-refractivity contribution in [2.24, 2.45) is 0 Å². The van der Waals surface area contributed by atoms with Crippen LogP contribution in [0.15, 0.2) is 53.2 Å². The van der Waals surface area contributed by atoms with Gasteiger partial charge < -0.3 is 24.3 Å². The van der Waals surface area contributed by atoms with Crippen LogP contribution < -0.4 is 5.32 Å². The van der Waals surface area contributed by atoms with Gasteiger partial charge in [-0.05, 0) is 96.0 Å². The standard InChI is InChI=1S/C35H42N6O6/c1-34(2,3)45-32(43)40-17-7-9-26(40)30-36-20-25(37-30)22-13-11-21(12-14-22)23-15-16-24-28(19-23)47-39-29(24)38-31(42)27-10-8-18-41(27)33(44)46-35(4,5)6/h11-16,19-20,26-27H,7-10,17-18H2,1-6H3,(H,36,37)(H,38,39,42)/t26-,27?/m0/s1. The monoisotopic (exact) mass is 642 g/mol. The third-order valence-electron chi connectivity index (χ3n) is 8.22. The lowest BCUT2D eigenvalue weighted by Crippen LogP contribution is -2.45. The summed E-state index contributed by atoms with van der Waals surface area (Å²) in [5.41, 5.74) is 3.05. The molecule has 0 spiro atoms. The average Bonchev–Trinajstić information content (AvgIpc) is 3.81. The first-order valence-corrected chi connectivity index (χ1v) is 16.1. The molecular formula is C35H42N6O6. The maximum absolute atomic E-state index is 13.2. The number of anilines is 1. The number of hydrogen-bond donors (Lipinski definition) is 2. The molecule has 2 aromatic heterocycles. The normalized spacial score (nSPS) is 18.5. The Hall–Kier alpha value is -4.87. The summed E-state index contributed by atoms with van der Waals surface area (Å²) in [5, 5.41) is 7.62. The molecule has 2 aromatic carbocycles. The molecule has 1 unspecified atom stereocenters. The Kier molecular flexibility index (Phi) is 8.46. The van der Waals surface area contributed by atoms with Crippen molar-refractivity contribution < 1.29 is 28.4 Å². The maximum atomic E-state index is 13.2. The van der Waals surface area contributed by atoms with Gasteiger partial charge in [-0.15, -0.1) is 0 Å². The van der Waals surface area contributed by atoms with Crippen LogP contribution in [0.5, 0.6) is 0 Å². The SMILES string of the molecule is CC(C)(C)OC(=O)N1CCCC1C(=O)Nc1noc2cc(-c3ccc(-c4cnc([C@@H]5CCCN5C(=O)OC(C)(C)C)[nH]4)cc3)ccc12. The fraction of sp³-hybridized carbons (Fsp3) is 0.457. The van der Waals surface area contributed by atoms with Crippen LogP contribution in [0.4, 0.5) is 15.4 Å². The summed E-state index contributed by atoms with van der Waals surface area (Å²) < 4.78 is 16.7. The average molecular weight is 643 g/mol. The van der Waals surface area contributed by atoms with Gasteiger partial charge in [0.1, 0.15) is 23.1 Å². The number of benzene rings is 2. The largest absolute Gasteiger partial charge is 0.444 e. The molecular weight excluding hydrogens is 600 g/mol. The van der Waals surface area contributed by atoms with E-state index >= 15 is 0 Å². The zero-order valence-electron chi connectivity index (χ0n) is 27.8. The maximum Gasteiger partial charge on any atom is 0.410 e. The van der Waals surface area contributed by atoms with E-state index in [2.05, 4.69) is 20.4 Å². The predicted octanol–water partition coefficient (Wildman–Crippen LogP) is 7.29. The minimum Gasteiger partial charge on any atom is -0.444 e. The fourth-order valence-corrected chi connectivity index (χ4v) is 6.07. The highest BCUT2D eigenvalue weighted by atomic mass is 16.6. The molecule has 2 atom stereocenters. The highest BCUT2D eigenvalue weighted by Gasteiger charge is 2.37. The summed E-state index contributed by atoms with van der Waals surface area (Å²) in [7, 11) is 0. The van der Waals surface area contributed by atoms with Crippen LogP contribution in [0.2, 0.25) is 0 Å². The zero-order chi connectivity index (χ0) is 33.5. The molecule has 0 saturated carbocycles. The second-order valence-corrected chi connectivity index (χ2v) is 14.2. The lowest BCUT2D eigenvalue weighted by molar-refractivity contribution is -0.120. The van der Waals surface area contributed by atoms with Gasteiger partial charge in [0.15, 0.2) is 11.4 Å². The number of likely N-dealkylation sites (tertiary alicyclic amines) is 2. The van der Waals surface area contributed by atoms with Crippen LogP contribution in [-0.4, -0.2) is 73.4 Å². The molecule has 2 aliphatic rings. The number of ether oxygens (including phenoxy) is 2. The third-order valence-corrected chi connectivity index (χ3v) is 8.22. The number of hydrogen-bond acceptors (Lipinski definition) is 8. The molecule has 2 fully saturated rings. The quantitative estimate of drug-likeness (QED) is 0.231. The summed E-state index contributed by atoms with van der Waals surface area (Å²) in [5.74, 6) is 0.734. The Bertz CT molecular complexity index is 1780. The fourth-order valence-electron chi connectivity index (χ4n) is 6.07. The van der Waals surface area contributed by atoms with Crippen LogP contribution >= 0.6 is 0 Å². The van der Waals surface area contributed by atoms with Gasteiger partial charge in [0.05, 0.1) is 23.3 Å². The highest BCUT2D eigenvalue weighted by Crippen LogP contribution is 2.34. The number of H-pyrrole nitrogens is 1. The predicted molar refractivity (Wildman–Crippen MR) is 177 cm³/mol. The van der Waals surface area contributed by atoms with Gasteiger partial charge in [-0.2, -0.15) is 0 Å². The van der Waals surface area contributed by atoms with Crippen molar-refractivity contribution in [3.05, 3.63) is 54.5 Å². The van der Waals surface area contributed by atoms with E-state index in [1.165, 1.54) is 4.90 Å². The molecule has 3 amide bonds. The van der Waals surface area contributed by atoms with Crippen LogP contribution in [0.3, 0.4) is 0 Å². The lowest BCUT2D eigenvalue weighted by Gasteiger charge is -2.27. The topological polar surface area (TPSA) is 143 Å². The molecule has 4 aromatic rings. The van der Waals surface area contributed by atoms with Gasteiger partial charge in [-0.25, -0.2) is 14.6 Å². The number of aromatic amines is 1. The van der Waals surface area contributed by atoms with Crippen molar-refractivity contribution in [1.29, 1.82) is 0 Å². The molecule has 12 nitrogen and oxygen atoms in total. The molecule has 4 heterocycles. The Morgan fingerprint density at radius 1 is 0.851 bits per heavy atom. The molecule has 12 heteroatoms. The van der Waals surface area contributed by atoms with Crippen LogP contribution in [0.1, 0.15) is 79.1 Å². The van der Waals surface area contributed by atoms with Crippen LogP contribution in [0.25, 0.3) is 33.4 Å².